The Kier molecular flexibility index (Phi) is 5.19. The standard InChI is InChI=1S/C12H17NO2S/c1-4-15-12(14)13-10-5-7-11(8-6-10)16-9(2)3/h5-9H,4H2,1-3H3,(H,13,14). The molecule has 88 valence electrons. The van der Waals surface area contributed by atoms with Gasteiger partial charge in [-0.2, -0.15) is 0 Å². The number of carbonyl (C=O) groups excluding carboxylic acids is 1. The van der Waals surface area contributed by atoms with Gasteiger partial charge in [0.15, 0.2) is 0 Å². The molecule has 0 heterocycles. The van der Waals surface area contributed by atoms with Crippen molar-refractivity contribution >= 4 is 23.5 Å². The van der Waals surface area contributed by atoms with Crippen LogP contribution < -0.4 is 5.32 Å². The SMILES string of the molecule is CCOC(=O)Nc1ccc(SC(C)C)cc1. The Bertz CT molecular complexity index is 335. The van der Waals surface area contributed by atoms with E-state index >= 15 is 0 Å². The summed E-state index contributed by atoms with van der Waals surface area (Å²) in [5.41, 5.74) is 0.756. The van der Waals surface area contributed by atoms with Crippen LogP contribution in [0.1, 0.15) is 20.8 Å². The molecule has 1 aromatic rings. The van der Waals surface area contributed by atoms with Crippen LogP contribution in [-0.4, -0.2) is 18.0 Å². The molecule has 0 atom stereocenters. The summed E-state index contributed by atoms with van der Waals surface area (Å²) in [7, 11) is 0. The highest BCUT2D eigenvalue weighted by Crippen LogP contribution is 2.24. The number of nitrogens with one attached hydrogen (secondary N) is 1. The number of hydrogen-bond acceptors (Lipinski definition) is 3. The molecule has 0 aliphatic heterocycles. The third-order valence-corrected chi connectivity index (χ3v) is 2.76. The molecule has 3 nitrogen and oxygen atoms in total. The Balaban J connectivity index is 2.54. The van der Waals surface area contributed by atoms with Crippen LogP contribution in [-0.2, 0) is 4.74 Å². The molecule has 0 fully saturated rings. The maximum absolute atomic E-state index is 11.1. The first-order valence-corrected chi connectivity index (χ1v) is 6.20. The molecule has 1 amide bonds. The Morgan fingerprint density at radius 2 is 2.00 bits per heavy atom. The molecule has 16 heavy (non-hydrogen) atoms. The van der Waals surface area contributed by atoms with Crippen molar-refractivity contribution in [3.8, 4) is 0 Å². The Labute approximate surface area is 101 Å². The van der Waals surface area contributed by atoms with Gasteiger partial charge in [0.05, 0.1) is 6.61 Å². The lowest BCUT2D eigenvalue weighted by Crippen LogP contribution is -2.13. The molecular weight excluding hydrogens is 222 g/mol. The van der Waals surface area contributed by atoms with Crippen molar-refractivity contribution in [1.82, 2.24) is 0 Å². The molecule has 1 rings (SSSR count). The lowest BCUT2D eigenvalue weighted by Gasteiger charge is -2.07. The summed E-state index contributed by atoms with van der Waals surface area (Å²) < 4.78 is 4.79. The topological polar surface area (TPSA) is 38.3 Å². The molecule has 0 aliphatic carbocycles. The number of benzene rings is 1. The minimum absolute atomic E-state index is 0.382. The Morgan fingerprint density at radius 1 is 1.38 bits per heavy atom. The van der Waals surface area contributed by atoms with E-state index in [1.807, 2.05) is 24.3 Å². The van der Waals surface area contributed by atoms with Crippen LogP contribution in [0.25, 0.3) is 0 Å². The smallest absolute Gasteiger partial charge is 0.411 e. The molecule has 0 saturated carbocycles. The third kappa shape index (κ3) is 4.57. The van der Waals surface area contributed by atoms with E-state index in [2.05, 4.69) is 19.2 Å². The molecule has 1 aromatic carbocycles. The molecule has 0 aromatic heterocycles. The van der Waals surface area contributed by atoms with Gasteiger partial charge in [-0.05, 0) is 31.2 Å². The van der Waals surface area contributed by atoms with E-state index in [1.165, 1.54) is 4.90 Å². The van der Waals surface area contributed by atoms with E-state index in [-0.39, 0.29) is 0 Å². The lowest BCUT2D eigenvalue weighted by atomic mass is 10.3. The quantitative estimate of drug-likeness (QED) is 0.813. The molecular formula is C12H17NO2S. The summed E-state index contributed by atoms with van der Waals surface area (Å²) >= 11 is 1.79. The number of thioether (sulfide) groups is 1. The van der Waals surface area contributed by atoms with Crippen molar-refractivity contribution < 1.29 is 9.53 Å². The average molecular weight is 239 g/mol. The number of anilines is 1. The van der Waals surface area contributed by atoms with E-state index in [0.717, 1.165) is 5.69 Å². The highest BCUT2D eigenvalue weighted by molar-refractivity contribution is 7.99. The number of amides is 1. The second-order valence-electron chi connectivity index (χ2n) is 3.54. The molecule has 1 N–H and O–H groups in total. The highest BCUT2D eigenvalue weighted by atomic mass is 32.2. The second kappa shape index (κ2) is 6.43. The van der Waals surface area contributed by atoms with Gasteiger partial charge < -0.3 is 4.74 Å². The maximum atomic E-state index is 11.1. The summed E-state index contributed by atoms with van der Waals surface area (Å²) in [4.78, 5) is 12.3. The van der Waals surface area contributed by atoms with Gasteiger partial charge in [0.25, 0.3) is 0 Å². The molecule has 0 spiro atoms. The fraction of sp³-hybridized carbons (Fsp3) is 0.417. The van der Waals surface area contributed by atoms with Crippen molar-refractivity contribution in [2.24, 2.45) is 0 Å². The zero-order valence-electron chi connectivity index (χ0n) is 9.82. The van der Waals surface area contributed by atoms with Gasteiger partial charge in [-0.15, -0.1) is 11.8 Å². The zero-order valence-corrected chi connectivity index (χ0v) is 10.6. The summed E-state index contributed by atoms with van der Waals surface area (Å²) in [6.45, 7) is 6.46. The fourth-order valence-corrected chi connectivity index (χ4v) is 2.01. The van der Waals surface area contributed by atoms with Gasteiger partial charge in [-0.25, -0.2) is 4.79 Å². The largest absolute Gasteiger partial charge is 0.450 e. The summed E-state index contributed by atoms with van der Waals surface area (Å²) in [5, 5.41) is 3.21. The van der Waals surface area contributed by atoms with E-state index in [9.17, 15) is 4.79 Å². The normalized spacial score (nSPS) is 10.2. The highest BCUT2D eigenvalue weighted by Gasteiger charge is 2.02. The summed E-state index contributed by atoms with van der Waals surface area (Å²) in [6.07, 6.45) is -0.410. The first-order chi connectivity index (χ1) is 7.61. The van der Waals surface area contributed by atoms with Crippen molar-refractivity contribution in [2.75, 3.05) is 11.9 Å². The zero-order chi connectivity index (χ0) is 12.0. The van der Waals surface area contributed by atoms with Crippen molar-refractivity contribution in [1.29, 1.82) is 0 Å². The minimum Gasteiger partial charge on any atom is -0.450 e. The fourth-order valence-electron chi connectivity index (χ4n) is 1.17. The molecule has 0 radical (unpaired) electrons. The molecule has 0 saturated heterocycles. The first kappa shape index (κ1) is 12.9. The Hall–Kier alpha value is -1.16. The molecule has 0 unspecified atom stereocenters. The van der Waals surface area contributed by atoms with Crippen LogP contribution >= 0.6 is 11.8 Å². The maximum Gasteiger partial charge on any atom is 0.411 e. The second-order valence-corrected chi connectivity index (χ2v) is 5.19. The van der Waals surface area contributed by atoms with Gasteiger partial charge in [0, 0.05) is 15.8 Å². The van der Waals surface area contributed by atoms with Crippen LogP contribution in [0.5, 0.6) is 0 Å². The van der Waals surface area contributed by atoms with Crippen molar-refractivity contribution in [2.45, 2.75) is 30.9 Å². The van der Waals surface area contributed by atoms with Gasteiger partial charge in [0.2, 0.25) is 0 Å². The van der Waals surface area contributed by atoms with Crippen LogP contribution in [0.15, 0.2) is 29.2 Å². The molecule has 0 bridgehead atoms. The summed E-state index contributed by atoms with van der Waals surface area (Å²) in [5.74, 6) is 0. The van der Waals surface area contributed by atoms with Crippen LogP contribution in [0.3, 0.4) is 0 Å². The van der Waals surface area contributed by atoms with Crippen LogP contribution in [0.4, 0.5) is 10.5 Å². The monoisotopic (exact) mass is 239 g/mol. The number of rotatable bonds is 4. The average Bonchev–Trinajstić information content (AvgIpc) is 2.20. The molecule has 0 aliphatic rings. The predicted octanol–water partition coefficient (Wildman–Crippen LogP) is 3.76. The summed E-state index contributed by atoms with van der Waals surface area (Å²) in [6, 6.07) is 7.74. The van der Waals surface area contributed by atoms with E-state index < -0.39 is 6.09 Å². The number of ether oxygens (including phenoxy) is 1. The van der Waals surface area contributed by atoms with Gasteiger partial charge in [0.1, 0.15) is 0 Å². The van der Waals surface area contributed by atoms with Crippen LogP contribution in [0, 0.1) is 0 Å². The van der Waals surface area contributed by atoms with Crippen molar-refractivity contribution in [3.05, 3.63) is 24.3 Å². The first-order valence-electron chi connectivity index (χ1n) is 5.32. The van der Waals surface area contributed by atoms with Crippen molar-refractivity contribution in [3.63, 3.8) is 0 Å². The number of carbonyl (C=O) groups is 1. The Morgan fingerprint density at radius 3 is 2.50 bits per heavy atom. The predicted molar refractivity (Wildman–Crippen MR) is 68.1 cm³/mol. The van der Waals surface area contributed by atoms with Gasteiger partial charge in [-0.3, -0.25) is 5.32 Å². The van der Waals surface area contributed by atoms with E-state index in [0.29, 0.717) is 11.9 Å². The van der Waals surface area contributed by atoms with E-state index in [4.69, 9.17) is 4.74 Å². The number of hydrogen-bond donors (Lipinski definition) is 1. The van der Waals surface area contributed by atoms with Gasteiger partial charge >= 0.3 is 6.09 Å². The van der Waals surface area contributed by atoms with E-state index in [1.54, 1.807) is 18.7 Å². The van der Waals surface area contributed by atoms with Crippen LogP contribution in [0.2, 0.25) is 0 Å². The van der Waals surface area contributed by atoms with Gasteiger partial charge in [-0.1, -0.05) is 13.8 Å². The molecule has 4 heteroatoms. The third-order valence-electron chi connectivity index (χ3n) is 1.75. The minimum atomic E-state index is -0.410. The lowest BCUT2D eigenvalue weighted by molar-refractivity contribution is 0.168.